The summed E-state index contributed by atoms with van der Waals surface area (Å²) >= 11 is 0. The first-order chi connectivity index (χ1) is 8.62. The van der Waals surface area contributed by atoms with Gasteiger partial charge >= 0.3 is 0 Å². The standard InChI is InChI=1S/C13H24O5/c1-10-13(17-10,9-16-3)7-11-12(18-11,8-15-2)5-4-6-14/h10-11,14H,4-9H2,1-3H3/t10-,11-,12+,13+/m1/s1. The lowest BCUT2D eigenvalue weighted by Gasteiger charge is -2.14. The third kappa shape index (κ3) is 2.70. The fourth-order valence-corrected chi connectivity index (χ4v) is 2.82. The number of hydrogen-bond donors (Lipinski definition) is 1. The van der Waals surface area contributed by atoms with Crippen molar-refractivity contribution in [2.24, 2.45) is 0 Å². The second-order valence-electron chi connectivity index (χ2n) is 5.39. The third-order valence-electron chi connectivity index (χ3n) is 4.07. The average Bonchev–Trinajstić information content (AvgIpc) is 3.17. The maximum atomic E-state index is 8.94. The fraction of sp³-hybridized carbons (Fsp3) is 1.00. The molecule has 2 aliphatic heterocycles. The van der Waals surface area contributed by atoms with E-state index < -0.39 is 0 Å². The molecule has 0 saturated carbocycles. The predicted octanol–water partition coefficient (Wildman–Crippen LogP) is 0.737. The molecule has 18 heavy (non-hydrogen) atoms. The Balaban J connectivity index is 1.87. The number of aliphatic hydroxyl groups is 1. The van der Waals surface area contributed by atoms with Crippen molar-refractivity contribution < 1.29 is 24.1 Å². The van der Waals surface area contributed by atoms with Crippen molar-refractivity contribution in [3.8, 4) is 0 Å². The van der Waals surface area contributed by atoms with Gasteiger partial charge in [-0.25, -0.2) is 0 Å². The maximum Gasteiger partial charge on any atom is 0.120 e. The molecule has 1 N–H and O–H groups in total. The van der Waals surface area contributed by atoms with E-state index in [1.54, 1.807) is 14.2 Å². The van der Waals surface area contributed by atoms with Crippen LogP contribution in [0, 0.1) is 0 Å². The Hall–Kier alpha value is -0.200. The monoisotopic (exact) mass is 260 g/mol. The molecule has 2 fully saturated rings. The van der Waals surface area contributed by atoms with Crippen molar-refractivity contribution in [2.75, 3.05) is 34.0 Å². The van der Waals surface area contributed by atoms with E-state index in [1.165, 1.54) is 0 Å². The van der Waals surface area contributed by atoms with Crippen molar-refractivity contribution in [3.63, 3.8) is 0 Å². The van der Waals surface area contributed by atoms with Crippen LogP contribution in [0.15, 0.2) is 0 Å². The molecule has 4 atom stereocenters. The lowest BCUT2D eigenvalue weighted by atomic mass is 9.91. The molecule has 0 aromatic carbocycles. The van der Waals surface area contributed by atoms with Crippen LogP contribution in [0.25, 0.3) is 0 Å². The van der Waals surface area contributed by atoms with E-state index in [-0.39, 0.29) is 30.0 Å². The van der Waals surface area contributed by atoms with Gasteiger partial charge in [-0.1, -0.05) is 0 Å². The smallest absolute Gasteiger partial charge is 0.120 e. The lowest BCUT2D eigenvalue weighted by Crippen LogP contribution is -2.29. The number of ether oxygens (including phenoxy) is 4. The number of epoxide rings is 2. The van der Waals surface area contributed by atoms with E-state index in [0.717, 1.165) is 19.3 Å². The zero-order valence-electron chi connectivity index (χ0n) is 11.5. The summed E-state index contributed by atoms with van der Waals surface area (Å²) in [6.45, 7) is 3.44. The van der Waals surface area contributed by atoms with Crippen LogP contribution in [0.4, 0.5) is 0 Å². The Kier molecular flexibility index (Phi) is 4.29. The molecule has 2 saturated heterocycles. The Labute approximate surface area is 108 Å². The number of hydrogen-bond acceptors (Lipinski definition) is 5. The minimum absolute atomic E-state index is 0.157. The second-order valence-corrected chi connectivity index (χ2v) is 5.39. The van der Waals surface area contributed by atoms with E-state index >= 15 is 0 Å². The van der Waals surface area contributed by atoms with Crippen LogP contribution in [0.5, 0.6) is 0 Å². The minimum Gasteiger partial charge on any atom is -0.396 e. The molecule has 2 rings (SSSR count). The van der Waals surface area contributed by atoms with Crippen LogP contribution in [-0.2, 0) is 18.9 Å². The zero-order chi connectivity index (χ0) is 13.2. The van der Waals surface area contributed by atoms with Crippen LogP contribution in [-0.4, -0.2) is 62.6 Å². The Morgan fingerprint density at radius 3 is 2.22 bits per heavy atom. The van der Waals surface area contributed by atoms with Crippen LogP contribution < -0.4 is 0 Å². The van der Waals surface area contributed by atoms with Crippen molar-refractivity contribution in [2.45, 2.75) is 49.6 Å². The Morgan fingerprint density at radius 2 is 1.72 bits per heavy atom. The maximum absolute atomic E-state index is 8.94. The normalized spacial score (nSPS) is 42.0. The Morgan fingerprint density at radius 1 is 1.11 bits per heavy atom. The van der Waals surface area contributed by atoms with Gasteiger partial charge in [0, 0.05) is 27.2 Å². The van der Waals surface area contributed by atoms with Crippen molar-refractivity contribution in [1.29, 1.82) is 0 Å². The first-order valence-electron chi connectivity index (χ1n) is 6.57. The van der Waals surface area contributed by atoms with Crippen molar-refractivity contribution in [1.82, 2.24) is 0 Å². The highest BCUT2D eigenvalue weighted by Gasteiger charge is 2.64. The van der Waals surface area contributed by atoms with Gasteiger partial charge < -0.3 is 24.1 Å². The molecule has 0 aromatic rings. The molecule has 2 heterocycles. The van der Waals surface area contributed by atoms with Crippen LogP contribution in [0.2, 0.25) is 0 Å². The van der Waals surface area contributed by atoms with E-state index in [9.17, 15) is 0 Å². The van der Waals surface area contributed by atoms with Gasteiger partial charge in [0.05, 0.1) is 25.4 Å². The minimum atomic E-state index is -0.218. The summed E-state index contributed by atoms with van der Waals surface area (Å²) in [6.07, 6.45) is 2.81. The molecule has 0 spiro atoms. The first kappa shape index (κ1) is 14.2. The van der Waals surface area contributed by atoms with Gasteiger partial charge in [-0.3, -0.25) is 0 Å². The second kappa shape index (κ2) is 5.43. The zero-order valence-corrected chi connectivity index (χ0v) is 11.5. The molecule has 0 amide bonds. The van der Waals surface area contributed by atoms with Gasteiger partial charge in [0.15, 0.2) is 0 Å². The molecule has 0 aliphatic carbocycles. The Bertz CT molecular complexity index is 285. The molecular formula is C13H24O5. The number of aliphatic hydroxyl groups excluding tert-OH is 1. The SMILES string of the molecule is COC[C@]1(C[C@H]2O[C@@]2(CCCO)COC)O[C@@H]1C. The van der Waals surface area contributed by atoms with Crippen LogP contribution in [0.1, 0.15) is 26.2 Å². The molecular weight excluding hydrogens is 236 g/mol. The largest absolute Gasteiger partial charge is 0.396 e. The molecule has 5 nitrogen and oxygen atoms in total. The predicted molar refractivity (Wildman–Crippen MR) is 65.6 cm³/mol. The topological polar surface area (TPSA) is 63.8 Å². The van der Waals surface area contributed by atoms with E-state index in [4.69, 9.17) is 24.1 Å². The van der Waals surface area contributed by atoms with Gasteiger partial charge in [-0.15, -0.1) is 0 Å². The summed E-state index contributed by atoms with van der Waals surface area (Å²) in [6, 6.07) is 0. The lowest BCUT2D eigenvalue weighted by molar-refractivity contribution is 0.109. The third-order valence-corrected chi connectivity index (χ3v) is 4.07. The van der Waals surface area contributed by atoms with Gasteiger partial charge in [0.25, 0.3) is 0 Å². The van der Waals surface area contributed by atoms with Crippen LogP contribution >= 0.6 is 0 Å². The highest BCUT2D eigenvalue weighted by Crippen LogP contribution is 2.51. The summed E-state index contributed by atoms with van der Waals surface area (Å²) in [5, 5.41) is 8.94. The van der Waals surface area contributed by atoms with Gasteiger partial charge in [0.2, 0.25) is 0 Å². The molecule has 5 heteroatoms. The van der Waals surface area contributed by atoms with Gasteiger partial charge in [-0.2, -0.15) is 0 Å². The van der Waals surface area contributed by atoms with Crippen molar-refractivity contribution in [3.05, 3.63) is 0 Å². The summed E-state index contributed by atoms with van der Waals surface area (Å²) in [7, 11) is 3.37. The summed E-state index contributed by atoms with van der Waals surface area (Å²) in [5.41, 5.74) is -0.391. The molecule has 0 bridgehead atoms. The number of methoxy groups -OCH3 is 2. The summed E-state index contributed by atoms with van der Waals surface area (Å²) in [4.78, 5) is 0. The average molecular weight is 260 g/mol. The fourth-order valence-electron chi connectivity index (χ4n) is 2.82. The van der Waals surface area contributed by atoms with Crippen molar-refractivity contribution >= 4 is 0 Å². The van der Waals surface area contributed by atoms with Gasteiger partial charge in [-0.05, 0) is 19.8 Å². The highest BCUT2D eigenvalue weighted by atomic mass is 16.7. The molecule has 2 aliphatic rings. The summed E-state index contributed by atoms with van der Waals surface area (Å²) in [5.74, 6) is 0. The molecule has 0 aromatic heterocycles. The molecule has 0 unspecified atom stereocenters. The van der Waals surface area contributed by atoms with Gasteiger partial charge in [0.1, 0.15) is 11.2 Å². The highest BCUT2D eigenvalue weighted by molar-refractivity contribution is 5.11. The van der Waals surface area contributed by atoms with Crippen LogP contribution in [0.3, 0.4) is 0 Å². The summed E-state index contributed by atoms with van der Waals surface area (Å²) < 4.78 is 22.0. The van der Waals surface area contributed by atoms with E-state index in [0.29, 0.717) is 13.2 Å². The number of rotatable bonds is 9. The quantitative estimate of drug-likeness (QED) is 0.619. The first-order valence-corrected chi connectivity index (χ1v) is 6.57. The van der Waals surface area contributed by atoms with E-state index in [1.807, 2.05) is 0 Å². The molecule has 0 radical (unpaired) electrons. The van der Waals surface area contributed by atoms with E-state index in [2.05, 4.69) is 6.92 Å². The molecule has 106 valence electrons.